The molecule has 0 aliphatic carbocycles. The van der Waals surface area contributed by atoms with E-state index in [2.05, 4.69) is 9.98 Å². The largest absolute Gasteiger partial charge is 0.370 e. The third-order valence-electron chi connectivity index (χ3n) is 3.37. The van der Waals surface area contributed by atoms with Gasteiger partial charge < -0.3 is 11.5 Å². The summed E-state index contributed by atoms with van der Waals surface area (Å²) in [6, 6.07) is 13.3. The monoisotopic (exact) mass is 308 g/mol. The summed E-state index contributed by atoms with van der Waals surface area (Å²) >= 11 is 0. The minimum Gasteiger partial charge on any atom is -0.370 e. The molecule has 0 bridgehead atoms. The molecule has 0 saturated heterocycles. The zero-order valence-electron chi connectivity index (χ0n) is 12.0. The van der Waals surface area contributed by atoms with Crippen molar-refractivity contribution in [1.29, 1.82) is 0 Å². The van der Waals surface area contributed by atoms with Crippen LogP contribution >= 0.6 is 0 Å². The summed E-state index contributed by atoms with van der Waals surface area (Å²) in [6.45, 7) is 0. The maximum atomic E-state index is 14.1. The van der Waals surface area contributed by atoms with E-state index in [4.69, 9.17) is 11.5 Å². The molecule has 0 radical (unpaired) electrons. The van der Waals surface area contributed by atoms with E-state index in [-0.39, 0.29) is 11.7 Å². The lowest BCUT2D eigenvalue weighted by atomic mass is 9.99. The van der Waals surface area contributed by atoms with E-state index in [0.29, 0.717) is 16.5 Å². The zero-order chi connectivity index (χ0) is 16.4. The third kappa shape index (κ3) is 2.87. The predicted molar refractivity (Wildman–Crippen MR) is 87.3 cm³/mol. The smallest absolute Gasteiger partial charge is 0.280 e. The fourth-order valence-electron chi connectivity index (χ4n) is 2.38. The van der Waals surface area contributed by atoms with Gasteiger partial charge in [0.1, 0.15) is 11.5 Å². The number of carbonyl (C=O) groups excluding carboxylic acids is 1. The van der Waals surface area contributed by atoms with Crippen LogP contribution in [0.2, 0.25) is 0 Å². The van der Waals surface area contributed by atoms with Gasteiger partial charge in [0.15, 0.2) is 5.96 Å². The summed E-state index contributed by atoms with van der Waals surface area (Å²) in [7, 11) is 0. The number of nitrogens with two attached hydrogens (primary N) is 2. The summed E-state index contributed by atoms with van der Waals surface area (Å²) in [6.07, 6.45) is 1.52. The molecule has 0 unspecified atom stereocenters. The lowest BCUT2D eigenvalue weighted by Crippen LogP contribution is -2.24. The number of aliphatic imine (C=N–C) groups is 1. The number of nitrogens with zero attached hydrogens (tertiary/aromatic N) is 2. The first kappa shape index (κ1) is 14.6. The van der Waals surface area contributed by atoms with E-state index in [1.54, 1.807) is 24.3 Å². The van der Waals surface area contributed by atoms with Gasteiger partial charge in [-0.2, -0.15) is 4.99 Å². The summed E-state index contributed by atoms with van der Waals surface area (Å²) in [5, 5.41) is 1.55. The number of amides is 1. The molecule has 3 aromatic rings. The number of hydrogen-bond acceptors (Lipinski definition) is 2. The van der Waals surface area contributed by atoms with Crippen molar-refractivity contribution < 1.29 is 9.18 Å². The molecule has 1 aromatic heterocycles. The fourth-order valence-corrected chi connectivity index (χ4v) is 2.38. The van der Waals surface area contributed by atoms with Crippen LogP contribution in [0.4, 0.5) is 4.39 Å². The van der Waals surface area contributed by atoms with Gasteiger partial charge in [-0.15, -0.1) is 0 Å². The Hall–Kier alpha value is -3.28. The molecule has 114 valence electrons. The maximum absolute atomic E-state index is 14.1. The number of aromatic nitrogens is 1. The lowest BCUT2D eigenvalue weighted by Gasteiger charge is -2.08. The number of halogens is 1. The number of pyridine rings is 1. The highest BCUT2D eigenvalue weighted by Crippen LogP contribution is 2.29. The molecule has 0 saturated carbocycles. The maximum Gasteiger partial charge on any atom is 0.280 e. The topological polar surface area (TPSA) is 94.4 Å². The van der Waals surface area contributed by atoms with Gasteiger partial charge in [0.25, 0.3) is 5.91 Å². The number of guanidine groups is 1. The van der Waals surface area contributed by atoms with Gasteiger partial charge in [0.05, 0.1) is 0 Å². The van der Waals surface area contributed by atoms with Crippen molar-refractivity contribution in [2.45, 2.75) is 0 Å². The number of hydrogen-bond donors (Lipinski definition) is 2. The Morgan fingerprint density at radius 1 is 1.09 bits per heavy atom. The van der Waals surface area contributed by atoms with Gasteiger partial charge in [-0.05, 0) is 35.0 Å². The van der Waals surface area contributed by atoms with E-state index in [0.717, 1.165) is 5.39 Å². The second-order valence-electron chi connectivity index (χ2n) is 4.92. The molecular weight excluding hydrogens is 295 g/mol. The quantitative estimate of drug-likeness (QED) is 0.561. The van der Waals surface area contributed by atoms with E-state index in [1.165, 1.54) is 18.3 Å². The highest BCUT2D eigenvalue weighted by Gasteiger charge is 2.12. The normalized spacial score (nSPS) is 10.5. The highest BCUT2D eigenvalue weighted by molar-refractivity contribution is 6.06. The summed E-state index contributed by atoms with van der Waals surface area (Å²) in [5.41, 5.74) is 11.6. The minimum atomic E-state index is -0.553. The zero-order valence-corrected chi connectivity index (χ0v) is 12.0. The van der Waals surface area contributed by atoms with Gasteiger partial charge in [-0.3, -0.25) is 9.78 Å². The molecule has 2 aromatic carbocycles. The summed E-state index contributed by atoms with van der Waals surface area (Å²) < 4.78 is 14.1. The van der Waals surface area contributed by atoms with Crippen molar-refractivity contribution in [3.05, 3.63) is 66.1 Å². The van der Waals surface area contributed by atoms with Crippen molar-refractivity contribution in [3.63, 3.8) is 0 Å². The highest BCUT2D eigenvalue weighted by atomic mass is 19.1. The molecule has 0 spiro atoms. The second kappa shape index (κ2) is 5.84. The number of fused-ring (bicyclic) bond motifs is 1. The molecule has 4 N–H and O–H groups in total. The first-order valence-electron chi connectivity index (χ1n) is 6.84. The molecule has 5 nitrogen and oxygen atoms in total. The molecule has 0 fully saturated rings. The standard InChI is InChI=1S/C17H13FN4O/c18-14-5-2-8-21-15(14)12-4-1-3-10-6-7-11(9-13(10)12)16(23)22-17(19)20/h1-9H,(H4,19,20,22,23). The van der Waals surface area contributed by atoms with E-state index < -0.39 is 11.7 Å². The van der Waals surface area contributed by atoms with Crippen LogP contribution in [0.15, 0.2) is 59.7 Å². The SMILES string of the molecule is NC(N)=NC(=O)c1ccc2cccc(-c3ncccc3F)c2c1. The average molecular weight is 308 g/mol. The van der Waals surface area contributed by atoms with Gasteiger partial charge in [-0.25, -0.2) is 4.39 Å². The molecule has 6 heteroatoms. The van der Waals surface area contributed by atoms with E-state index in [1.807, 2.05) is 12.1 Å². The first-order valence-corrected chi connectivity index (χ1v) is 6.84. The number of benzene rings is 2. The van der Waals surface area contributed by atoms with Crippen LogP contribution < -0.4 is 11.5 Å². The minimum absolute atomic E-state index is 0.226. The van der Waals surface area contributed by atoms with Crippen LogP contribution in [0, 0.1) is 5.82 Å². The van der Waals surface area contributed by atoms with Crippen LogP contribution in [-0.2, 0) is 0 Å². The average Bonchev–Trinajstić information content (AvgIpc) is 2.54. The molecule has 0 aliphatic heterocycles. The number of carbonyl (C=O) groups is 1. The fraction of sp³-hybridized carbons (Fsp3) is 0. The third-order valence-corrected chi connectivity index (χ3v) is 3.37. The Bertz CT molecular complexity index is 933. The number of rotatable bonds is 2. The molecule has 23 heavy (non-hydrogen) atoms. The van der Waals surface area contributed by atoms with Gasteiger partial charge in [0.2, 0.25) is 0 Å². The van der Waals surface area contributed by atoms with Crippen LogP contribution in [0.25, 0.3) is 22.0 Å². The van der Waals surface area contributed by atoms with Crippen LogP contribution in [0.1, 0.15) is 10.4 Å². The van der Waals surface area contributed by atoms with E-state index in [9.17, 15) is 9.18 Å². The van der Waals surface area contributed by atoms with Crippen molar-refractivity contribution in [2.75, 3.05) is 0 Å². The van der Waals surface area contributed by atoms with Crippen LogP contribution in [0.5, 0.6) is 0 Å². The lowest BCUT2D eigenvalue weighted by molar-refractivity contribution is 0.100. The summed E-state index contributed by atoms with van der Waals surface area (Å²) in [4.78, 5) is 19.6. The van der Waals surface area contributed by atoms with Crippen molar-refractivity contribution in [3.8, 4) is 11.3 Å². The van der Waals surface area contributed by atoms with E-state index >= 15 is 0 Å². The van der Waals surface area contributed by atoms with Crippen molar-refractivity contribution in [1.82, 2.24) is 4.98 Å². The first-order chi connectivity index (χ1) is 11.1. The Morgan fingerprint density at radius 3 is 2.65 bits per heavy atom. The predicted octanol–water partition coefficient (Wildman–Crippen LogP) is 2.45. The summed E-state index contributed by atoms with van der Waals surface area (Å²) in [5.74, 6) is -1.29. The van der Waals surface area contributed by atoms with Gasteiger partial charge in [0, 0.05) is 17.3 Å². The van der Waals surface area contributed by atoms with Crippen molar-refractivity contribution in [2.24, 2.45) is 16.5 Å². The molecule has 1 amide bonds. The molecule has 0 atom stereocenters. The van der Waals surface area contributed by atoms with Gasteiger partial charge in [-0.1, -0.05) is 24.3 Å². The molecule has 3 rings (SSSR count). The van der Waals surface area contributed by atoms with Gasteiger partial charge >= 0.3 is 0 Å². The van der Waals surface area contributed by atoms with Crippen LogP contribution in [0.3, 0.4) is 0 Å². The molecular formula is C17H13FN4O. The molecule has 0 aliphatic rings. The Balaban J connectivity index is 2.22. The Kier molecular flexibility index (Phi) is 3.72. The Labute approximate surface area is 131 Å². The Morgan fingerprint density at radius 2 is 1.91 bits per heavy atom. The second-order valence-corrected chi connectivity index (χ2v) is 4.92. The molecule has 1 heterocycles. The van der Waals surface area contributed by atoms with Crippen LogP contribution in [-0.4, -0.2) is 16.9 Å². The van der Waals surface area contributed by atoms with Crippen molar-refractivity contribution >= 4 is 22.6 Å².